The van der Waals surface area contributed by atoms with Crippen molar-refractivity contribution in [2.75, 3.05) is 6.54 Å². The van der Waals surface area contributed by atoms with Crippen LogP contribution in [0.15, 0.2) is 30.3 Å². The van der Waals surface area contributed by atoms with Gasteiger partial charge in [-0.15, -0.1) is 17.0 Å². The van der Waals surface area contributed by atoms with Gasteiger partial charge in [-0.2, -0.15) is 0 Å². The fourth-order valence-corrected chi connectivity index (χ4v) is 0.811. The van der Waals surface area contributed by atoms with Crippen molar-refractivity contribution < 1.29 is 18.8 Å². The van der Waals surface area contributed by atoms with E-state index in [0.717, 1.165) is 13.0 Å². The molecule has 0 amide bonds. The largest absolute Gasteiger partial charge is 0.330 e. The van der Waals surface area contributed by atoms with E-state index >= 15 is 0 Å². The van der Waals surface area contributed by atoms with E-state index in [1.165, 1.54) is 5.56 Å². The molecular formula is C8H16BrF4N. The van der Waals surface area contributed by atoms with Gasteiger partial charge >= 0.3 is 0 Å². The summed E-state index contributed by atoms with van der Waals surface area (Å²) in [7, 11) is 0. The first-order valence-electron chi connectivity index (χ1n) is 3.17. The Morgan fingerprint density at radius 3 is 1.64 bits per heavy atom. The third kappa shape index (κ3) is 11.4. The molecule has 0 aliphatic rings. The second kappa shape index (κ2) is 18.2. The van der Waals surface area contributed by atoms with E-state index in [0.29, 0.717) is 0 Å². The summed E-state index contributed by atoms with van der Waals surface area (Å²) in [6.07, 6.45) is 0.987. The Hall–Kier alpha value is -0.620. The lowest BCUT2D eigenvalue weighted by Crippen LogP contribution is -2.01. The van der Waals surface area contributed by atoms with Crippen LogP contribution in [0.2, 0.25) is 0 Å². The molecule has 0 radical (unpaired) electrons. The topological polar surface area (TPSA) is 26.0 Å². The molecule has 0 bridgehead atoms. The first kappa shape index (κ1) is 29.2. The third-order valence-electron chi connectivity index (χ3n) is 1.28. The minimum atomic E-state index is 0. The molecule has 0 spiro atoms. The van der Waals surface area contributed by atoms with Gasteiger partial charge in [-0.25, -0.2) is 0 Å². The summed E-state index contributed by atoms with van der Waals surface area (Å²) in [6, 6.07) is 10.3. The summed E-state index contributed by atoms with van der Waals surface area (Å²) in [4.78, 5) is 0. The van der Waals surface area contributed by atoms with Gasteiger partial charge in [0, 0.05) is 0 Å². The molecule has 0 saturated heterocycles. The average Bonchev–Trinajstić information content (AvgIpc) is 1.91. The highest BCUT2D eigenvalue weighted by molar-refractivity contribution is 8.93. The number of hydrogen-bond donors (Lipinski definition) is 1. The summed E-state index contributed by atoms with van der Waals surface area (Å²) in [6.45, 7) is 0.740. The van der Waals surface area contributed by atoms with Gasteiger partial charge in [0.05, 0.1) is 0 Å². The van der Waals surface area contributed by atoms with Crippen molar-refractivity contribution in [1.29, 1.82) is 0 Å². The second-order valence-electron chi connectivity index (χ2n) is 2.02. The normalized spacial score (nSPS) is 6.07. The first-order valence-corrected chi connectivity index (χ1v) is 3.17. The molecule has 0 aliphatic heterocycles. The van der Waals surface area contributed by atoms with E-state index in [4.69, 9.17) is 5.73 Å². The van der Waals surface area contributed by atoms with Crippen molar-refractivity contribution in [3.8, 4) is 0 Å². The molecule has 88 valence electrons. The minimum Gasteiger partial charge on any atom is -0.330 e. The molecule has 0 atom stereocenters. The van der Waals surface area contributed by atoms with E-state index in [2.05, 4.69) is 12.1 Å². The zero-order valence-electron chi connectivity index (χ0n) is 7.42. The molecular weight excluding hydrogens is 266 g/mol. The minimum absolute atomic E-state index is 0. The predicted molar refractivity (Wildman–Crippen MR) is 59.5 cm³/mol. The van der Waals surface area contributed by atoms with Crippen molar-refractivity contribution in [1.82, 2.24) is 0 Å². The quantitative estimate of drug-likeness (QED) is 0.828. The molecule has 1 nitrogen and oxygen atoms in total. The fourth-order valence-electron chi connectivity index (χ4n) is 0.811. The summed E-state index contributed by atoms with van der Waals surface area (Å²) in [5, 5.41) is 0. The van der Waals surface area contributed by atoms with Crippen LogP contribution in [0.3, 0.4) is 0 Å². The summed E-state index contributed by atoms with van der Waals surface area (Å²) < 4.78 is 0. The third-order valence-corrected chi connectivity index (χ3v) is 1.28. The fraction of sp³-hybridized carbons (Fsp3) is 0.250. The Kier molecular flexibility index (Phi) is 38.0. The number of benzene rings is 1. The van der Waals surface area contributed by atoms with Crippen molar-refractivity contribution in [3.63, 3.8) is 0 Å². The predicted octanol–water partition coefficient (Wildman–Crippen LogP) is 2.38. The Bertz CT molecular complexity index is 174. The maximum atomic E-state index is 5.36. The van der Waals surface area contributed by atoms with Crippen molar-refractivity contribution in [2.24, 2.45) is 5.73 Å². The molecule has 2 N–H and O–H groups in total. The van der Waals surface area contributed by atoms with Crippen molar-refractivity contribution in [3.05, 3.63) is 35.9 Å². The second-order valence-corrected chi connectivity index (χ2v) is 2.02. The van der Waals surface area contributed by atoms with Crippen molar-refractivity contribution in [2.45, 2.75) is 6.42 Å². The van der Waals surface area contributed by atoms with Gasteiger partial charge in [-0.1, -0.05) is 30.3 Å². The SMILES string of the molecule is Br.F.F.F.F.NCCc1ccccc1. The van der Waals surface area contributed by atoms with Crippen LogP contribution in [0.25, 0.3) is 0 Å². The van der Waals surface area contributed by atoms with Crippen LogP contribution in [-0.4, -0.2) is 6.54 Å². The zero-order chi connectivity index (χ0) is 6.53. The van der Waals surface area contributed by atoms with Gasteiger partial charge in [0.1, 0.15) is 0 Å². The summed E-state index contributed by atoms with van der Waals surface area (Å²) in [5.41, 5.74) is 6.68. The zero-order valence-corrected chi connectivity index (χ0v) is 9.13. The van der Waals surface area contributed by atoms with Gasteiger partial charge in [-0.3, -0.25) is 18.8 Å². The van der Waals surface area contributed by atoms with E-state index in [1.807, 2.05) is 18.2 Å². The lowest BCUT2D eigenvalue weighted by atomic mass is 10.2. The Labute approximate surface area is 90.9 Å². The molecule has 0 heterocycles. The number of rotatable bonds is 2. The van der Waals surface area contributed by atoms with Crippen LogP contribution in [0, 0.1) is 0 Å². The van der Waals surface area contributed by atoms with E-state index in [9.17, 15) is 0 Å². The molecule has 0 saturated carbocycles. The highest BCUT2D eigenvalue weighted by atomic mass is 79.9. The highest BCUT2D eigenvalue weighted by Gasteiger charge is 1.84. The molecule has 1 rings (SSSR count). The van der Waals surface area contributed by atoms with Gasteiger partial charge < -0.3 is 5.73 Å². The van der Waals surface area contributed by atoms with Crippen molar-refractivity contribution >= 4 is 17.0 Å². The molecule has 6 heteroatoms. The van der Waals surface area contributed by atoms with Crippen LogP contribution < -0.4 is 5.73 Å². The number of hydrogen-bond acceptors (Lipinski definition) is 1. The first-order chi connectivity index (χ1) is 4.43. The molecule has 0 unspecified atom stereocenters. The standard InChI is InChI=1S/C8H11N.BrH.4FH/c9-7-6-8-4-2-1-3-5-8;;;;;/h1-5H,6-7,9H2;5*1H. The summed E-state index contributed by atoms with van der Waals surface area (Å²) in [5.74, 6) is 0. The Morgan fingerprint density at radius 2 is 1.29 bits per heavy atom. The van der Waals surface area contributed by atoms with Gasteiger partial charge in [0.2, 0.25) is 0 Å². The smallest absolute Gasteiger partial charge is 0.00367 e. The van der Waals surface area contributed by atoms with Crippen LogP contribution in [0.1, 0.15) is 5.56 Å². The Morgan fingerprint density at radius 1 is 0.857 bits per heavy atom. The Balaban J connectivity index is -0.0000000540. The molecule has 0 fully saturated rings. The highest BCUT2D eigenvalue weighted by Crippen LogP contribution is 1.96. The lowest BCUT2D eigenvalue weighted by molar-refractivity contribution is 0.969. The van der Waals surface area contributed by atoms with Crippen LogP contribution >= 0.6 is 17.0 Å². The maximum Gasteiger partial charge on any atom is -0.00367 e. The molecule has 1 aromatic carbocycles. The summed E-state index contributed by atoms with van der Waals surface area (Å²) >= 11 is 0. The molecule has 0 aromatic heterocycles. The van der Waals surface area contributed by atoms with Gasteiger partial charge in [0.25, 0.3) is 0 Å². The molecule has 0 aliphatic carbocycles. The van der Waals surface area contributed by atoms with Crippen LogP contribution in [0.5, 0.6) is 0 Å². The number of halogens is 5. The molecule has 1 aromatic rings. The van der Waals surface area contributed by atoms with Crippen LogP contribution in [0.4, 0.5) is 18.8 Å². The monoisotopic (exact) mass is 281 g/mol. The van der Waals surface area contributed by atoms with Gasteiger partial charge in [0.15, 0.2) is 0 Å². The average molecular weight is 282 g/mol. The van der Waals surface area contributed by atoms with E-state index in [1.54, 1.807) is 0 Å². The number of nitrogens with two attached hydrogens (primary N) is 1. The maximum absolute atomic E-state index is 5.36. The van der Waals surface area contributed by atoms with Crippen LogP contribution in [-0.2, 0) is 6.42 Å². The lowest BCUT2D eigenvalue weighted by Gasteiger charge is -1.93. The van der Waals surface area contributed by atoms with E-state index in [-0.39, 0.29) is 35.8 Å². The molecule has 14 heavy (non-hydrogen) atoms. The van der Waals surface area contributed by atoms with E-state index < -0.39 is 0 Å². The van der Waals surface area contributed by atoms with Gasteiger partial charge in [-0.05, 0) is 18.5 Å².